The van der Waals surface area contributed by atoms with Gasteiger partial charge in [0.1, 0.15) is 0 Å². The lowest BCUT2D eigenvalue weighted by atomic mass is 10.1. The Labute approximate surface area is 81.4 Å². The number of carbonyl (C=O) groups is 1. The molecule has 2 rings (SSSR count). The van der Waals surface area contributed by atoms with Gasteiger partial charge in [0.2, 0.25) is 0 Å². The fourth-order valence-electron chi connectivity index (χ4n) is 1.30. The van der Waals surface area contributed by atoms with Crippen LogP contribution in [0.2, 0.25) is 0 Å². The van der Waals surface area contributed by atoms with E-state index < -0.39 is 5.97 Å². The fourth-order valence-corrected chi connectivity index (χ4v) is 1.30. The van der Waals surface area contributed by atoms with Gasteiger partial charge in [-0.2, -0.15) is 0 Å². The van der Waals surface area contributed by atoms with Gasteiger partial charge in [-0.25, -0.2) is 4.79 Å². The molecule has 0 unspecified atom stereocenters. The molecule has 0 fully saturated rings. The molecule has 0 spiro atoms. The number of fused-ring (bicyclic) bond motifs is 1. The fraction of sp³-hybridized carbons (Fsp3) is 0. The van der Waals surface area contributed by atoms with Gasteiger partial charge in [-0.1, -0.05) is 12.2 Å². The van der Waals surface area contributed by atoms with Crippen molar-refractivity contribution in [1.82, 2.24) is 5.32 Å². The number of nitrogens with one attached hydrogen (secondary N) is 1. The Morgan fingerprint density at radius 2 is 2.07 bits per heavy atom. The van der Waals surface area contributed by atoms with Gasteiger partial charge in [0.15, 0.2) is 0 Å². The van der Waals surface area contributed by atoms with Gasteiger partial charge in [0, 0.05) is 11.9 Å². The summed E-state index contributed by atoms with van der Waals surface area (Å²) in [5.74, 6) is -0.912. The first-order valence-corrected chi connectivity index (χ1v) is 4.24. The normalized spacial score (nSPS) is 18.4. The molecule has 0 atom stereocenters. The highest BCUT2D eigenvalue weighted by Crippen LogP contribution is 2.17. The van der Waals surface area contributed by atoms with Crippen molar-refractivity contribution in [3.8, 4) is 0 Å². The van der Waals surface area contributed by atoms with E-state index in [0.29, 0.717) is 0 Å². The summed E-state index contributed by atoms with van der Waals surface area (Å²) in [6.45, 7) is 0. The van der Waals surface area contributed by atoms with E-state index in [0.717, 1.165) is 11.3 Å². The van der Waals surface area contributed by atoms with E-state index in [1.165, 1.54) is 0 Å². The Morgan fingerprint density at radius 1 is 1.21 bits per heavy atom. The van der Waals surface area contributed by atoms with Crippen LogP contribution in [0.25, 0.3) is 0 Å². The summed E-state index contributed by atoms with van der Waals surface area (Å²) in [4.78, 5) is 10.7. The van der Waals surface area contributed by atoms with Crippen LogP contribution in [0.5, 0.6) is 0 Å². The molecule has 3 nitrogen and oxygen atoms in total. The molecule has 14 heavy (non-hydrogen) atoms. The summed E-state index contributed by atoms with van der Waals surface area (Å²) in [5, 5.41) is 11.8. The zero-order valence-corrected chi connectivity index (χ0v) is 7.40. The molecule has 0 amide bonds. The van der Waals surface area contributed by atoms with Crippen molar-refractivity contribution in [3.63, 3.8) is 0 Å². The van der Waals surface area contributed by atoms with E-state index in [1.807, 2.05) is 18.4 Å². The Hall–Kier alpha value is -2.03. The average molecular weight is 187 g/mol. The van der Waals surface area contributed by atoms with Gasteiger partial charge >= 0.3 is 5.97 Å². The number of hydrogen-bond donors (Lipinski definition) is 2. The molecule has 0 aromatic heterocycles. The summed E-state index contributed by atoms with van der Waals surface area (Å²) in [7, 11) is 0. The van der Waals surface area contributed by atoms with Crippen LogP contribution >= 0.6 is 0 Å². The zero-order valence-electron chi connectivity index (χ0n) is 7.40. The molecule has 0 bridgehead atoms. The third-order valence-electron chi connectivity index (χ3n) is 2.04. The molecular formula is C11H9NO2. The third kappa shape index (κ3) is 1.52. The molecule has 0 radical (unpaired) electrons. The topological polar surface area (TPSA) is 49.3 Å². The van der Waals surface area contributed by atoms with Crippen LogP contribution in [0.1, 0.15) is 0 Å². The molecule has 3 heteroatoms. The Bertz CT molecular complexity index is 423. The van der Waals surface area contributed by atoms with Crippen molar-refractivity contribution >= 4 is 5.97 Å². The molecule has 2 aliphatic rings. The van der Waals surface area contributed by atoms with E-state index in [2.05, 4.69) is 5.32 Å². The molecule has 0 saturated carbocycles. The highest BCUT2D eigenvalue weighted by Gasteiger charge is 2.08. The number of carboxylic acid groups (broad SMARTS) is 1. The first-order valence-electron chi connectivity index (χ1n) is 4.24. The predicted octanol–water partition coefficient (Wildman–Crippen LogP) is 1.49. The van der Waals surface area contributed by atoms with Crippen molar-refractivity contribution in [2.75, 3.05) is 0 Å². The number of aliphatic carboxylic acids is 1. The lowest BCUT2D eigenvalue weighted by molar-refractivity contribution is -0.132. The maximum atomic E-state index is 10.7. The summed E-state index contributed by atoms with van der Waals surface area (Å²) in [6.07, 6.45) is 12.3. The molecule has 2 N–H and O–H groups in total. The molecule has 70 valence electrons. The molecule has 0 aromatic carbocycles. The highest BCUT2D eigenvalue weighted by molar-refractivity contribution is 5.90. The summed E-state index contributed by atoms with van der Waals surface area (Å²) in [6, 6.07) is 0. The minimum atomic E-state index is -0.912. The van der Waals surface area contributed by atoms with E-state index in [-0.39, 0.29) is 5.57 Å². The smallest absolute Gasteiger partial charge is 0.335 e. The van der Waals surface area contributed by atoms with E-state index >= 15 is 0 Å². The minimum Gasteiger partial charge on any atom is -0.478 e. The standard InChI is InChI=1S/C11H9NO2/c13-11(14)9-4-3-8-2-1-7-12-10(8)6-5-9/h1-7,12H,(H,13,14). The number of dihydropyridines is 1. The lowest BCUT2D eigenvalue weighted by Gasteiger charge is -2.09. The van der Waals surface area contributed by atoms with Gasteiger partial charge < -0.3 is 10.4 Å². The Balaban J connectivity index is 2.39. The van der Waals surface area contributed by atoms with Crippen LogP contribution in [0.3, 0.4) is 0 Å². The average Bonchev–Trinajstić information content (AvgIpc) is 2.39. The van der Waals surface area contributed by atoms with E-state index in [1.54, 1.807) is 24.3 Å². The van der Waals surface area contributed by atoms with Crippen molar-refractivity contribution in [2.24, 2.45) is 0 Å². The number of rotatable bonds is 1. The molecule has 1 aliphatic carbocycles. The lowest BCUT2D eigenvalue weighted by Crippen LogP contribution is -2.08. The Kier molecular flexibility index (Phi) is 2.07. The van der Waals surface area contributed by atoms with Crippen molar-refractivity contribution in [2.45, 2.75) is 0 Å². The van der Waals surface area contributed by atoms with Gasteiger partial charge in [-0.05, 0) is 29.9 Å². The second-order valence-corrected chi connectivity index (χ2v) is 2.97. The number of allylic oxidation sites excluding steroid dienone is 5. The monoisotopic (exact) mass is 187 g/mol. The molecule has 0 aromatic rings. The van der Waals surface area contributed by atoms with Crippen molar-refractivity contribution in [1.29, 1.82) is 0 Å². The largest absolute Gasteiger partial charge is 0.478 e. The highest BCUT2D eigenvalue weighted by atomic mass is 16.4. The van der Waals surface area contributed by atoms with Crippen molar-refractivity contribution < 1.29 is 9.90 Å². The summed E-state index contributed by atoms with van der Waals surface area (Å²) >= 11 is 0. The van der Waals surface area contributed by atoms with Gasteiger partial charge in [0.05, 0.1) is 5.57 Å². The summed E-state index contributed by atoms with van der Waals surface area (Å²) in [5.41, 5.74) is 2.19. The number of hydrogen-bond acceptors (Lipinski definition) is 2. The van der Waals surface area contributed by atoms with Crippen LogP contribution in [-0.4, -0.2) is 11.1 Å². The number of carboxylic acids is 1. The molecule has 0 saturated heterocycles. The zero-order chi connectivity index (χ0) is 9.97. The SMILES string of the molecule is O=C(O)C1=CC=C2NC=CC=C2C=C1. The minimum absolute atomic E-state index is 0.287. The van der Waals surface area contributed by atoms with Crippen LogP contribution in [0, 0.1) is 0 Å². The third-order valence-corrected chi connectivity index (χ3v) is 2.04. The molecule has 1 aliphatic heterocycles. The quantitative estimate of drug-likeness (QED) is 0.654. The summed E-state index contributed by atoms with van der Waals surface area (Å²) < 4.78 is 0. The predicted molar refractivity (Wildman–Crippen MR) is 53.3 cm³/mol. The second kappa shape index (κ2) is 3.38. The van der Waals surface area contributed by atoms with Gasteiger partial charge in [0.25, 0.3) is 0 Å². The van der Waals surface area contributed by atoms with Crippen LogP contribution in [0.15, 0.2) is 59.5 Å². The maximum Gasteiger partial charge on any atom is 0.335 e. The van der Waals surface area contributed by atoms with Gasteiger partial charge in [-0.15, -0.1) is 0 Å². The van der Waals surface area contributed by atoms with Crippen LogP contribution in [-0.2, 0) is 4.79 Å². The second-order valence-electron chi connectivity index (χ2n) is 2.97. The van der Waals surface area contributed by atoms with Crippen molar-refractivity contribution in [3.05, 3.63) is 59.5 Å². The first-order chi connectivity index (χ1) is 6.77. The van der Waals surface area contributed by atoms with E-state index in [9.17, 15) is 4.79 Å². The van der Waals surface area contributed by atoms with Gasteiger partial charge in [-0.3, -0.25) is 0 Å². The Morgan fingerprint density at radius 3 is 2.86 bits per heavy atom. The van der Waals surface area contributed by atoms with Crippen LogP contribution < -0.4 is 5.32 Å². The molecule has 1 heterocycles. The first kappa shape index (κ1) is 8.56. The molecular weight excluding hydrogens is 178 g/mol. The van der Waals surface area contributed by atoms with E-state index in [4.69, 9.17) is 5.11 Å². The maximum absolute atomic E-state index is 10.7. The van der Waals surface area contributed by atoms with Crippen LogP contribution in [0.4, 0.5) is 0 Å².